The van der Waals surface area contributed by atoms with E-state index < -0.39 is 0 Å². The topological polar surface area (TPSA) is 32.5 Å². The predicted molar refractivity (Wildman–Crippen MR) is 90.3 cm³/mol. The highest BCUT2D eigenvalue weighted by atomic mass is 15.3. The first-order valence-electron chi connectivity index (χ1n) is 8.46. The number of nitrogens with two attached hydrogens (primary N) is 1. The van der Waals surface area contributed by atoms with Crippen LogP contribution >= 0.6 is 0 Å². The first kappa shape index (κ1) is 16.5. The van der Waals surface area contributed by atoms with Crippen molar-refractivity contribution in [2.45, 2.75) is 51.7 Å². The second kappa shape index (κ2) is 7.92. The van der Waals surface area contributed by atoms with Crippen molar-refractivity contribution < 1.29 is 0 Å². The molecular formula is C18H31N3. The molecule has 0 amide bonds. The standard InChI is InChI=1S/C18H31N3/c1-4-15(3)20-11-13-21(14-12-20)17(5-2)18(19)16-9-7-6-8-10-16/h6-10,15,17-18H,4-5,11-14,19H2,1-3H3. The molecule has 3 heteroatoms. The first-order chi connectivity index (χ1) is 10.2. The molecule has 0 bridgehead atoms. The van der Waals surface area contributed by atoms with Crippen LogP contribution in [0.2, 0.25) is 0 Å². The molecule has 21 heavy (non-hydrogen) atoms. The minimum atomic E-state index is 0.117. The molecule has 118 valence electrons. The van der Waals surface area contributed by atoms with Gasteiger partial charge in [-0.15, -0.1) is 0 Å². The van der Waals surface area contributed by atoms with Gasteiger partial charge in [-0.1, -0.05) is 44.2 Å². The quantitative estimate of drug-likeness (QED) is 0.874. The molecule has 3 atom stereocenters. The van der Waals surface area contributed by atoms with Crippen molar-refractivity contribution in [3.63, 3.8) is 0 Å². The monoisotopic (exact) mass is 289 g/mol. The van der Waals surface area contributed by atoms with Gasteiger partial charge in [0.15, 0.2) is 0 Å². The summed E-state index contributed by atoms with van der Waals surface area (Å²) >= 11 is 0. The molecule has 0 spiro atoms. The maximum absolute atomic E-state index is 6.55. The molecule has 3 nitrogen and oxygen atoms in total. The summed E-state index contributed by atoms with van der Waals surface area (Å²) in [7, 11) is 0. The van der Waals surface area contributed by atoms with Gasteiger partial charge in [0.25, 0.3) is 0 Å². The van der Waals surface area contributed by atoms with Gasteiger partial charge in [-0.3, -0.25) is 9.80 Å². The van der Waals surface area contributed by atoms with Gasteiger partial charge < -0.3 is 5.73 Å². The fraction of sp³-hybridized carbons (Fsp3) is 0.667. The zero-order chi connectivity index (χ0) is 15.2. The maximum Gasteiger partial charge on any atom is 0.0453 e. The Kier molecular flexibility index (Phi) is 6.22. The molecule has 1 saturated heterocycles. The molecule has 1 aromatic rings. The Balaban J connectivity index is 1.96. The Morgan fingerprint density at radius 1 is 0.952 bits per heavy atom. The molecule has 0 aromatic heterocycles. The van der Waals surface area contributed by atoms with Gasteiger partial charge in [-0.05, 0) is 25.3 Å². The Morgan fingerprint density at radius 3 is 2.05 bits per heavy atom. The van der Waals surface area contributed by atoms with Crippen molar-refractivity contribution in [3.05, 3.63) is 35.9 Å². The highest BCUT2D eigenvalue weighted by Gasteiger charge is 2.28. The SMILES string of the molecule is CCC(C)N1CCN(C(CC)C(N)c2ccccc2)CC1. The zero-order valence-corrected chi connectivity index (χ0v) is 13.8. The number of nitrogens with zero attached hydrogens (tertiary/aromatic N) is 2. The van der Waals surface area contributed by atoms with E-state index in [0.29, 0.717) is 12.1 Å². The zero-order valence-electron chi connectivity index (χ0n) is 13.8. The van der Waals surface area contributed by atoms with Gasteiger partial charge in [-0.25, -0.2) is 0 Å². The van der Waals surface area contributed by atoms with Gasteiger partial charge in [0.05, 0.1) is 0 Å². The largest absolute Gasteiger partial charge is 0.323 e. The van der Waals surface area contributed by atoms with Gasteiger partial charge in [0.2, 0.25) is 0 Å². The van der Waals surface area contributed by atoms with Crippen LogP contribution < -0.4 is 5.73 Å². The third kappa shape index (κ3) is 4.06. The molecule has 2 rings (SSSR count). The van der Waals surface area contributed by atoms with E-state index in [-0.39, 0.29) is 6.04 Å². The summed E-state index contributed by atoms with van der Waals surface area (Å²) in [5.74, 6) is 0. The summed E-state index contributed by atoms with van der Waals surface area (Å²) in [6.07, 6.45) is 2.35. The molecule has 0 saturated carbocycles. The number of rotatable bonds is 6. The minimum Gasteiger partial charge on any atom is -0.323 e. The van der Waals surface area contributed by atoms with E-state index in [1.807, 2.05) is 0 Å². The summed E-state index contributed by atoms with van der Waals surface area (Å²) in [5.41, 5.74) is 7.80. The lowest BCUT2D eigenvalue weighted by Crippen LogP contribution is -2.54. The maximum atomic E-state index is 6.55. The second-order valence-corrected chi connectivity index (χ2v) is 6.24. The van der Waals surface area contributed by atoms with E-state index in [2.05, 4.69) is 60.9 Å². The van der Waals surface area contributed by atoms with Gasteiger partial charge in [-0.2, -0.15) is 0 Å². The van der Waals surface area contributed by atoms with Crippen LogP contribution in [-0.4, -0.2) is 48.1 Å². The lowest BCUT2D eigenvalue weighted by Gasteiger charge is -2.43. The lowest BCUT2D eigenvalue weighted by molar-refractivity contribution is 0.0621. The molecule has 2 N–H and O–H groups in total. The van der Waals surface area contributed by atoms with E-state index in [9.17, 15) is 0 Å². The smallest absolute Gasteiger partial charge is 0.0453 e. The van der Waals surface area contributed by atoms with Crippen LogP contribution in [0.1, 0.15) is 45.2 Å². The third-order valence-corrected chi connectivity index (χ3v) is 5.05. The Hall–Kier alpha value is -0.900. The number of hydrogen-bond acceptors (Lipinski definition) is 3. The van der Waals surface area contributed by atoms with Crippen LogP contribution in [0.5, 0.6) is 0 Å². The van der Waals surface area contributed by atoms with Crippen LogP contribution in [0, 0.1) is 0 Å². The molecule has 1 fully saturated rings. The van der Waals surface area contributed by atoms with Gasteiger partial charge >= 0.3 is 0 Å². The van der Waals surface area contributed by atoms with Crippen molar-refractivity contribution in [3.8, 4) is 0 Å². The highest BCUT2D eigenvalue weighted by Crippen LogP contribution is 2.23. The van der Waals surface area contributed by atoms with Crippen LogP contribution in [0.15, 0.2) is 30.3 Å². The fourth-order valence-corrected chi connectivity index (χ4v) is 3.40. The Labute approximate surface area is 130 Å². The fourth-order valence-electron chi connectivity index (χ4n) is 3.40. The lowest BCUT2D eigenvalue weighted by atomic mass is 9.96. The predicted octanol–water partition coefficient (Wildman–Crippen LogP) is 2.88. The summed E-state index contributed by atoms with van der Waals surface area (Å²) in [6, 6.07) is 11.8. The molecule has 1 aromatic carbocycles. The minimum absolute atomic E-state index is 0.117. The normalized spacial score (nSPS) is 21.9. The molecular weight excluding hydrogens is 258 g/mol. The summed E-state index contributed by atoms with van der Waals surface area (Å²) < 4.78 is 0. The highest BCUT2D eigenvalue weighted by molar-refractivity contribution is 5.20. The average Bonchev–Trinajstić information content (AvgIpc) is 2.56. The van der Waals surface area contributed by atoms with Crippen LogP contribution in [0.4, 0.5) is 0 Å². The van der Waals surface area contributed by atoms with Crippen molar-refractivity contribution in [2.75, 3.05) is 26.2 Å². The Bertz CT molecular complexity index is 398. The molecule has 0 aliphatic carbocycles. The number of piperazine rings is 1. The van der Waals surface area contributed by atoms with Crippen LogP contribution in [-0.2, 0) is 0 Å². The van der Waals surface area contributed by atoms with Crippen molar-refractivity contribution in [1.82, 2.24) is 9.80 Å². The van der Waals surface area contributed by atoms with Crippen LogP contribution in [0.3, 0.4) is 0 Å². The first-order valence-corrected chi connectivity index (χ1v) is 8.46. The number of benzene rings is 1. The van der Waals surface area contributed by atoms with E-state index in [0.717, 1.165) is 19.5 Å². The summed E-state index contributed by atoms with van der Waals surface area (Å²) in [5, 5.41) is 0. The van der Waals surface area contributed by atoms with E-state index in [1.165, 1.54) is 25.1 Å². The molecule has 1 aliphatic heterocycles. The Morgan fingerprint density at radius 2 is 1.52 bits per heavy atom. The summed E-state index contributed by atoms with van der Waals surface area (Å²) in [6.45, 7) is 11.5. The van der Waals surface area contributed by atoms with Crippen molar-refractivity contribution in [1.29, 1.82) is 0 Å². The molecule has 1 aliphatic rings. The number of hydrogen-bond donors (Lipinski definition) is 1. The molecule has 3 unspecified atom stereocenters. The van der Waals surface area contributed by atoms with Crippen LogP contribution in [0.25, 0.3) is 0 Å². The van der Waals surface area contributed by atoms with E-state index in [4.69, 9.17) is 5.73 Å². The molecule has 0 radical (unpaired) electrons. The van der Waals surface area contributed by atoms with Crippen molar-refractivity contribution >= 4 is 0 Å². The van der Waals surface area contributed by atoms with E-state index >= 15 is 0 Å². The summed E-state index contributed by atoms with van der Waals surface area (Å²) in [4.78, 5) is 5.20. The molecule has 1 heterocycles. The van der Waals surface area contributed by atoms with Crippen molar-refractivity contribution in [2.24, 2.45) is 5.73 Å². The third-order valence-electron chi connectivity index (χ3n) is 5.05. The average molecular weight is 289 g/mol. The van der Waals surface area contributed by atoms with Gasteiger partial charge in [0.1, 0.15) is 0 Å². The van der Waals surface area contributed by atoms with E-state index in [1.54, 1.807) is 0 Å². The second-order valence-electron chi connectivity index (χ2n) is 6.24. The van der Waals surface area contributed by atoms with Gasteiger partial charge in [0, 0.05) is 44.3 Å².